The maximum Gasteiger partial charge on any atom is 0.318 e. The van der Waals surface area contributed by atoms with E-state index in [1.807, 2.05) is 0 Å². The molecule has 0 aliphatic carbocycles. The molecule has 0 saturated carbocycles. The molecule has 1 heterocycles. The summed E-state index contributed by atoms with van der Waals surface area (Å²) in [6.07, 6.45) is 4.10. The number of hydrogen-bond acceptors (Lipinski definition) is 3. The maximum absolute atomic E-state index is 11.9. The Morgan fingerprint density at radius 1 is 1.62 bits per heavy atom. The molecule has 0 saturated heterocycles. The van der Waals surface area contributed by atoms with Gasteiger partial charge in [0.15, 0.2) is 0 Å². The Morgan fingerprint density at radius 2 is 2.31 bits per heavy atom. The smallest absolute Gasteiger partial charge is 0.318 e. The SMILES string of the molecule is C=CCN(CC(=O)O)S(=O)(=O)c1cc[nH]c1. The van der Waals surface area contributed by atoms with Crippen LogP contribution in [-0.4, -0.2) is 41.9 Å². The number of aromatic amines is 1. The second-order valence-corrected chi connectivity index (χ2v) is 4.96. The van der Waals surface area contributed by atoms with Crippen molar-refractivity contribution in [3.05, 3.63) is 31.1 Å². The normalized spacial score (nSPS) is 11.6. The summed E-state index contributed by atoms with van der Waals surface area (Å²) in [5.41, 5.74) is 0. The minimum absolute atomic E-state index is 0.0376. The molecule has 0 aliphatic heterocycles. The molecule has 88 valence electrons. The van der Waals surface area contributed by atoms with Gasteiger partial charge in [-0.25, -0.2) is 8.42 Å². The van der Waals surface area contributed by atoms with E-state index in [9.17, 15) is 13.2 Å². The van der Waals surface area contributed by atoms with E-state index in [4.69, 9.17) is 5.11 Å². The van der Waals surface area contributed by atoms with Gasteiger partial charge in [0, 0.05) is 18.9 Å². The van der Waals surface area contributed by atoms with Crippen molar-refractivity contribution in [2.75, 3.05) is 13.1 Å². The molecule has 1 rings (SSSR count). The maximum atomic E-state index is 11.9. The molecule has 0 fully saturated rings. The zero-order valence-electron chi connectivity index (χ0n) is 8.46. The molecular weight excluding hydrogens is 232 g/mol. The second-order valence-electron chi connectivity index (χ2n) is 3.03. The minimum Gasteiger partial charge on any atom is -0.480 e. The summed E-state index contributed by atoms with van der Waals surface area (Å²) in [5.74, 6) is -1.21. The molecule has 2 N–H and O–H groups in total. The van der Waals surface area contributed by atoms with Crippen LogP contribution in [0, 0.1) is 0 Å². The van der Waals surface area contributed by atoms with Gasteiger partial charge in [0.1, 0.15) is 6.54 Å². The minimum atomic E-state index is -3.76. The standard InChI is InChI=1S/C9H12N2O4S/c1-2-5-11(7-9(12)13)16(14,15)8-3-4-10-6-8/h2-4,6,10H,1,5,7H2,(H,12,13). The highest BCUT2D eigenvalue weighted by atomic mass is 32.2. The van der Waals surface area contributed by atoms with Gasteiger partial charge < -0.3 is 10.1 Å². The summed E-state index contributed by atoms with van der Waals surface area (Å²) in [6, 6.07) is 1.37. The van der Waals surface area contributed by atoms with Gasteiger partial charge in [-0.1, -0.05) is 6.08 Å². The summed E-state index contributed by atoms with van der Waals surface area (Å²) in [6.45, 7) is 2.77. The van der Waals surface area contributed by atoms with Crippen molar-refractivity contribution in [2.24, 2.45) is 0 Å². The number of carboxylic acid groups (broad SMARTS) is 1. The average Bonchev–Trinajstić information content (AvgIpc) is 2.69. The van der Waals surface area contributed by atoms with Gasteiger partial charge in [-0.3, -0.25) is 4.79 Å². The number of aliphatic carboxylic acids is 1. The highest BCUT2D eigenvalue weighted by Gasteiger charge is 2.25. The van der Waals surface area contributed by atoms with Crippen LogP contribution in [0.5, 0.6) is 0 Å². The van der Waals surface area contributed by atoms with E-state index in [1.54, 1.807) is 0 Å². The van der Waals surface area contributed by atoms with Gasteiger partial charge in [-0.05, 0) is 6.07 Å². The molecular formula is C9H12N2O4S. The lowest BCUT2D eigenvalue weighted by molar-refractivity contribution is -0.137. The quantitative estimate of drug-likeness (QED) is 0.703. The number of carbonyl (C=O) groups is 1. The zero-order chi connectivity index (χ0) is 12.2. The van der Waals surface area contributed by atoms with E-state index in [0.717, 1.165) is 4.31 Å². The highest BCUT2D eigenvalue weighted by molar-refractivity contribution is 7.89. The van der Waals surface area contributed by atoms with Crippen molar-refractivity contribution in [1.29, 1.82) is 0 Å². The van der Waals surface area contributed by atoms with Crippen molar-refractivity contribution in [2.45, 2.75) is 4.90 Å². The lowest BCUT2D eigenvalue weighted by atomic mass is 10.6. The van der Waals surface area contributed by atoms with Crippen LogP contribution < -0.4 is 0 Å². The second kappa shape index (κ2) is 4.95. The summed E-state index contributed by atoms with van der Waals surface area (Å²) in [5, 5.41) is 8.62. The topological polar surface area (TPSA) is 90.5 Å². The number of aromatic nitrogens is 1. The predicted molar refractivity (Wildman–Crippen MR) is 57.4 cm³/mol. The third kappa shape index (κ3) is 2.71. The van der Waals surface area contributed by atoms with Crippen molar-refractivity contribution in [1.82, 2.24) is 9.29 Å². The van der Waals surface area contributed by atoms with E-state index in [-0.39, 0.29) is 11.4 Å². The van der Waals surface area contributed by atoms with Crippen molar-refractivity contribution < 1.29 is 18.3 Å². The summed E-state index contributed by atoms with van der Waals surface area (Å²) < 4.78 is 24.7. The van der Waals surface area contributed by atoms with E-state index in [0.29, 0.717) is 0 Å². The molecule has 0 spiro atoms. The molecule has 0 aromatic carbocycles. The monoisotopic (exact) mass is 244 g/mol. The van der Waals surface area contributed by atoms with Crippen LogP contribution in [-0.2, 0) is 14.8 Å². The number of rotatable bonds is 6. The first-order valence-electron chi connectivity index (χ1n) is 4.44. The molecule has 0 unspecified atom stereocenters. The largest absolute Gasteiger partial charge is 0.480 e. The van der Waals surface area contributed by atoms with E-state index in [1.165, 1.54) is 24.5 Å². The Kier molecular flexibility index (Phi) is 3.86. The van der Waals surface area contributed by atoms with Crippen LogP contribution in [0.2, 0.25) is 0 Å². The van der Waals surface area contributed by atoms with Crippen LogP contribution in [0.3, 0.4) is 0 Å². The van der Waals surface area contributed by atoms with Gasteiger partial charge in [0.25, 0.3) is 0 Å². The molecule has 6 nitrogen and oxygen atoms in total. The fourth-order valence-electron chi connectivity index (χ4n) is 1.16. The lowest BCUT2D eigenvalue weighted by Gasteiger charge is -2.17. The van der Waals surface area contributed by atoms with Gasteiger partial charge >= 0.3 is 5.97 Å². The number of carboxylic acids is 1. The number of nitrogens with zero attached hydrogens (tertiary/aromatic N) is 1. The molecule has 16 heavy (non-hydrogen) atoms. The molecule has 0 amide bonds. The molecule has 1 aromatic rings. The summed E-state index contributed by atoms with van der Waals surface area (Å²) in [7, 11) is -3.76. The Hall–Kier alpha value is -1.60. The first kappa shape index (κ1) is 12.5. The fraction of sp³-hybridized carbons (Fsp3) is 0.222. The Labute approximate surface area is 93.3 Å². The Bertz CT molecular complexity index is 464. The van der Waals surface area contributed by atoms with Gasteiger partial charge in [0.2, 0.25) is 10.0 Å². The lowest BCUT2D eigenvalue weighted by Crippen LogP contribution is -2.35. The van der Waals surface area contributed by atoms with E-state index in [2.05, 4.69) is 11.6 Å². The van der Waals surface area contributed by atoms with E-state index < -0.39 is 22.5 Å². The number of hydrogen-bond donors (Lipinski definition) is 2. The average molecular weight is 244 g/mol. The number of nitrogens with one attached hydrogen (secondary N) is 1. The zero-order valence-corrected chi connectivity index (χ0v) is 9.27. The molecule has 0 aliphatic rings. The Morgan fingerprint density at radius 3 is 2.75 bits per heavy atom. The number of sulfonamides is 1. The molecule has 0 bridgehead atoms. The van der Waals surface area contributed by atoms with Crippen molar-refractivity contribution in [3.63, 3.8) is 0 Å². The van der Waals surface area contributed by atoms with Gasteiger partial charge in [-0.15, -0.1) is 6.58 Å². The fourth-order valence-corrected chi connectivity index (χ4v) is 2.50. The highest BCUT2D eigenvalue weighted by Crippen LogP contribution is 2.14. The van der Waals surface area contributed by atoms with Crippen molar-refractivity contribution >= 4 is 16.0 Å². The molecule has 7 heteroatoms. The third-order valence-corrected chi connectivity index (χ3v) is 3.66. The Balaban J connectivity index is 3.02. The van der Waals surface area contributed by atoms with Crippen LogP contribution in [0.1, 0.15) is 0 Å². The van der Waals surface area contributed by atoms with Gasteiger partial charge in [0.05, 0.1) is 4.90 Å². The molecule has 1 aromatic heterocycles. The van der Waals surface area contributed by atoms with Crippen LogP contribution in [0.25, 0.3) is 0 Å². The molecule has 0 atom stereocenters. The summed E-state index contributed by atoms with van der Waals surface area (Å²) in [4.78, 5) is 13.2. The van der Waals surface area contributed by atoms with Crippen LogP contribution in [0.15, 0.2) is 36.0 Å². The number of H-pyrrole nitrogens is 1. The first-order valence-corrected chi connectivity index (χ1v) is 5.88. The van der Waals surface area contributed by atoms with Crippen LogP contribution in [0.4, 0.5) is 0 Å². The molecule has 0 radical (unpaired) electrons. The van der Waals surface area contributed by atoms with E-state index >= 15 is 0 Å². The van der Waals surface area contributed by atoms with Crippen molar-refractivity contribution in [3.8, 4) is 0 Å². The third-order valence-electron chi connectivity index (χ3n) is 1.85. The van der Waals surface area contributed by atoms with Crippen LogP contribution >= 0.6 is 0 Å². The summed E-state index contributed by atoms with van der Waals surface area (Å²) >= 11 is 0. The van der Waals surface area contributed by atoms with Gasteiger partial charge in [-0.2, -0.15) is 4.31 Å². The first-order chi connectivity index (χ1) is 7.48. The predicted octanol–water partition coefficient (Wildman–Crippen LogP) is 0.276.